The molecule has 0 aromatic carbocycles. The topological polar surface area (TPSA) is 26.0 Å². The van der Waals surface area contributed by atoms with Crippen molar-refractivity contribution in [2.45, 2.75) is 18.9 Å². The van der Waals surface area contributed by atoms with Crippen LogP contribution < -0.4 is 69.5 Å². The Labute approximate surface area is 86.9 Å². The summed E-state index contributed by atoms with van der Waals surface area (Å²) in [5, 5.41) is 0. The maximum absolute atomic E-state index is 5.22. The maximum atomic E-state index is 5.22. The van der Waals surface area contributed by atoms with E-state index < -0.39 is 0 Å². The zero-order valence-electron chi connectivity index (χ0n) is 3.95. The second-order valence-electron chi connectivity index (χ2n) is 1.34. The van der Waals surface area contributed by atoms with E-state index in [1.165, 1.54) is 12.8 Å². The first-order chi connectivity index (χ1) is 1.89. The number of hydrogen-bond acceptors (Lipinski definition) is 1. The van der Waals surface area contributed by atoms with Gasteiger partial charge >= 0.3 is 51.4 Å². The van der Waals surface area contributed by atoms with Crippen LogP contribution in [-0.2, 0) is 0 Å². The van der Waals surface area contributed by atoms with Gasteiger partial charge in [0.25, 0.3) is 0 Å². The summed E-state index contributed by atoms with van der Waals surface area (Å²) in [5.41, 5.74) is 5.22. The van der Waals surface area contributed by atoms with Crippen molar-refractivity contribution in [1.82, 2.24) is 0 Å². The molecule has 0 bridgehead atoms. The second kappa shape index (κ2) is 5.03. The van der Waals surface area contributed by atoms with Gasteiger partial charge in [-0.2, -0.15) is 0 Å². The van der Waals surface area contributed by atoms with Crippen LogP contribution in [0.2, 0.25) is 0 Å². The summed E-state index contributed by atoms with van der Waals surface area (Å²) in [6.45, 7) is 0. The van der Waals surface area contributed by atoms with Gasteiger partial charge in [0, 0.05) is 6.04 Å². The Kier molecular flexibility index (Phi) is 9.05. The number of rotatable bonds is 0. The predicted molar refractivity (Wildman–Crippen MR) is 17.2 cm³/mol. The Morgan fingerprint density at radius 3 is 1.50 bits per heavy atom. The molecule has 0 spiro atoms. The second-order valence-corrected chi connectivity index (χ2v) is 1.34. The van der Waals surface area contributed by atoms with Gasteiger partial charge in [-0.1, -0.05) is 0 Å². The largest absolute Gasteiger partial charge is 1.00 e. The molecule has 0 saturated heterocycles. The van der Waals surface area contributed by atoms with Crippen molar-refractivity contribution >= 4 is 0 Å². The smallest absolute Gasteiger partial charge is 1.00 e. The molecule has 2 N–H and O–H groups in total. The first-order valence-electron chi connectivity index (χ1n) is 1.65. The van der Waals surface area contributed by atoms with E-state index in [1.807, 2.05) is 0 Å². The molecule has 3 heteroatoms. The SMILES string of the molecule is NC1CC1.[Cl-].[K+]. The third-order valence-corrected chi connectivity index (χ3v) is 0.622. The average molecular weight is 132 g/mol. The third-order valence-electron chi connectivity index (χ3n) is 0.622. The molecule has 0 amide bonds. The van der Waals surface area contributed by atoms with Crippen LogP contribution in [0.3, 0.4) is 0 Å². The minimum absolute atomic E-state index is 0. The molecule has 0 unspecified atom stereocenters. The van der Waals surface area contributed by atoms with Gasteiger partial charge in [0.1, 0.15) is 0 Å². The van der Waals surface area contributed by atoms with Crippen LogP contribution in [0.15, 0.2) is 0 Å². The molecule has 1 nitrogen and oxygen atoms in total. The third kappa shape index (κ3) is 5.89. The normalized spacial score (nSPS) is 17.5. The van der Waals surface area contributed by atoms with Gasteiger partial charge in [-0.15, -0.1) is 0 Å². The van der Waals surface area contributed by atoms with Crippen molar-refractivity contribution < 1.29 is 63.8 Å². The van der Waals surface area contributed by atoms with E-state index in [0.717, 1.165) is 0 Å². The minimum Gasteiger partial charge on any atom is -1.00 e. The van der Waals surface area contributed by atoms with Crippen molar-refractivity contribution in [2.75, 3.05) is 0 Å². The average Bonchev–Trinajstić information content (AvgIpc) is 1.75. The number of halogens is 1. The Bertz CT molecular complexity index is 30.0. The Morgan fingerprint density at radius 1 is 1.33 bits per heavy atom. The van der Waals surface area contributed by atoms with Gasteiger partial charge in [-0.25, -0.2) is 0 Å². The van der Waals surface area contributed by atoms with Crippen LogP contribution in [0.5, 0.6) is 0 Å². The zero-order valence-corrected chi connectivity index (χ0v) is 7.83. The Balaban J connectivity index is 0. The molecule has 0 heterocycles. The van der Waals surface area contributed by atoms with Crippen molar-refractivity contribution in [1.29, 1.82) is 0 Å². The molecular weight excluding hydrogens is 125 g/mol. The molecule has 0 aliphatic heterocycles. The van der Waals surface area contributed by atoms with Gasteiger partial charge in [0.2, 0.25) is 0 Å². The summed E-state index contributed by atoms with van der Waals surface area (Å²) in [6, 6.07) is 0.583. The number of hydrogen-bond donors (Lipinski definition) is 1. The number of nitrogens with two attached hydrogens (primary N) is 1. The van der Waals surface area contributed by atoms with Crippen LogP contribution in [0, 0.1) is 0 Å². The van der Waals surface area contributed by atoms with E-state index in [2.05, 4.69) is 0 Å². The van der Waals surface area contributed by atoms with Crippen LogP contribution in [0.25, 0.3) is 0 Å². The van der Waals surface area contributed by atoms with Crippen molar-refractivity contribution in [3.63, 3.8) is 0 Å². The van der Waals surface area contributed by atoms with Gasteiger partial charge < -0.3 is 18.1 Å². The fraction of sp³-hybridized carbons (Fsp3) is 1.00. The minimum atomic E-state index is 0. The molecule has 1 aliphatic rings. The molecular formula is C3H7ClKN. The fourth-order valence-corrected chi connectivity index (χ4v) is 0.0962. The molecule has 1 aliphatic carbocycles. The molecule has 0 aromatic heterocycles. The van der Waals surface area contributed by atoms with E-state index in [9.17, 15) is 0 Å². The molecule has 6 heavy (non-hydrogen) atoms. The van der Waals surface area contributed by atoms with Gasteiger partial charge in [-0.05, 0) is 12.8 Å². The predicted octanol–water partition coefficient (Wildman–Crippen LogP) is -5.88. The summed E-state index contributed by atoms with van der Waals surface area (Å²) >= 11 is 0. The molecule has 1 saturated carbocycles. The maximum Gasteiger partial charge on any atom is 1.00 e. The zero-order chi connectivity index (χ0) is 2.99. The molecule has 0 radical (unpaired) electrons. The molecule has 32 valence electrons. The van der Waals surface area contributed by atoms with E-state index in [1.54, 1.807) is 0 Å². The van der Waals surface area contributed by atoms with Crippen LogP contribution in [0.4, 0.5) is 0 Å². The summed E-state index contributed by atoms with van der Waals surface area (Å²) in [6.07, 6.45) is 2.53. The van der Waals surface area contributed by atoms with Gasteiger partial charge in [0.15, 0.2) is 0 Å². The van der Waals surface area contributed by atoms with E-state index in [4.69, 9.17) is 5.73 Å². The van der Waals surface area contributed by atoms with Gasteiger partial charge in [0.05, 0.1) is 0 Å². The molecule has 0 atom stereocenters. The fourth-order valence-electron chi connectivity index (χ4n) is 0.0962. The van der Waals surface area contributed by atoms with Crippen molar-refractivity contribution in [2.24, 2.45) is 5.73 Å². The van der Waals surface area contributed by atoms with Crippen LogP contribution in [0.1, 0.15) is 12.8 Å². The van der Waals surface area contributed by atoms with E-state index >= 15 is 0 Å². The summed E-state index contributed by atoms with van der Waals surface area (Å²) in [4.78, 5) is 0. The van der Waals surface area contributed by atoms with Crippen molar-refractivity contribution in [3.8, 4) is 0 Å². The van der Waals surface area contributed by atoms with Gasteiger partial charge in [-0.3, -0.25) is 0 Å². The molecule has 1 fully saturated rings. The Morgan fingerprint density at radius 2 is 1.50 bits per heavy atom. The van der Waals surface area contributed by atoms with Crippen LogP contribution >= 0.6 is 0 Å². The first-order valence-corrected chi connectivity index (χ1v) is 1.65. The quantitative estimate of drug-likeness (QED) is 0.326. The standard InChI is InChI=1S/C3H7N.ClH.K/c4-3-1-2-3;;/h3H,1-2,4H2;1H;/q;;+1/p-1. The van der Waals surface area contributed by atoms with Crippen LogP contribution in [-0.4, -0.2) is 6.04 Å². The summed E-state index contributed by atoms with van der Waals surface area (Å²) < 4.78 is 0. The van der Waals surface area contributed by atoms with E-state index in [0.29, 0.717) is 6.04 Å². The molecule has 0 aromatic rings. The Hall–Kier alpha value is 1.89. The summed E-state index contributed by atoms with van der Waals surface area (Å²) in [5.74, 6) is 0. The first kappa shape index (κ1) is 10.8. The molecule has 1 rings (SSSR count). The monoisotopic (exact) mass is 131 g/mol. The van der Waals surface area contributed by atoms with Crippen molar-refractivity contribution in [3.05, 3.63) is 0 Å². The summed E-state index contributed by atoms with van der Waals surface area (Å²) in [7, 11) is 0. The van der Waals surface area contributed by atoms with E-state index in [-0.39, 0.29) is 63.8 Å².